The summed E-state index contributed by atoms with van der Waals surface area (Å²) >= 11 is 0. The molecular formula is C23H27N3O2. The molecule has 0 fully saturated rings. The Balaban J connectivity index is 1.71. The van der Waals surface area contributed by atoms with Crippen molar-refractivity contribution in [3.8, 4) is 0 Å². The zero-order valence-corrected chi connectivity index (χ0v) is 16.5. The van der Waals surface area contributed by atoms with Gasteiger partial charge in [-0.1, -0.05) is 60.7 Å². The van der Waals surface area contributed by atoms with Crippen molar-refractivity contribution >= 4 is 0 Å². The van der Waals surface area contributed by atoms with Crippen LogP contribution in [0.5, 0.6) is 0 Å². The van der Waals surface area contributed by atoms with E-state index in [1.165, 1.54) is 22.7 Å². The lowest BCUT2D eigenvalue weighted by Crippen LogP contribution is -2.39. The van der Waals surface area contributed by atoms with E-state index < -0.39 is 0 Å². The summed E-state index contributed by atoms with van der Waals surface area (Å²) in [7, 11) is 3.18. The summed E-state index contributed by atoms with van der Waals surface area (Å²) in [6, 6.07) is 20.9. The predicted octanol–water partition coefficient (Wildman–Crippen LogP) is 2.94. The molecule has 5 nitrogen and oxygen atoms in total. The van der Waals surface area contributed by atoms with Crippen LogP contribution in [0.15, 0.2) is 76.4 Å². The largest absolute Gasteiger partial charge is 0.330 e. The molecule has 3 rings (SSSR count). The molecule has 0 saturated heterocycles. The number of hydrogen-bond acceptors (Lipinski definition) is 3. The van der Waals surface area contributed by atoms with Crippen LogP contribution in [0.25, 0.3) is 0 Å². The minimum atomic E-state index is -0.309. The van der Waals surface area contributed by atoms with Gasteiger partial charge < -0.3 is 9.88 Å². The lowest BCUT2D eigenvalue weighted by atomic mass is 9.99. The van der Waals surface area contributed by atoms with Crippen molar-refractivity contribution in [1.82, 2.24) is 14.5 Å². The second-order valence-electron chi connectivity index (χ2n) is 7.13. The van der Waals surface area contributed by atoms with Crippen LogP contribution in [0.2, 0.25) is 0 Å². The number of benzene rings is 2. The van der Waals surface area contributed by atoms with Crippen LogP contribution in [0.4, 0.5) is 0 Å². The first-order chi connectivity index (χ1) is 13.6. The van der Waals surface area contributed by atoms with E-state index in [1.54, 1.807) is 13.2 Å². The summed E-state index contributed by atoms with van der Waals surface area (Å²) in [5, 5.41) is 3.52. The topological polar surface area (TPSA) is 56.0 Å². The maximum atomic E-state index is 12.4. The van der Waals surface area contributed by atoms with Crippen molar-refractivity contribution in [3.05, 3.63) is 104 Å². The minimum absolute atomic E-state index is 0.145. The van der Waals surface area contributed by atoms with Gasteiger partial charge >= 0.3 is 5.69 Å². The number of nitrogens with one attached hydrogen (secondary N) is 1. The molecule has 1 atom stereocenters. The number of rotatable bonds is 8. The average molecular weight is 377 g/mol. The van der Waals surface area contributed by atoms with Gasteiger partial charge in [-0.15, -0.1) is 0 Å². The third-order valence-corrected chi connectivity index (χ3v) is 5.06. The second kappa shape index (κ2) is 9.33. The first-order valence-corrected chi connectivity index (χ1v) is 9.64. The van der Waals surface area contributed by atoms with E-state index in [-0.39, 0.29) is 17.3 Å². The highest BCUT2D eigenvalue weighted by Gasteiger charge is 2.13. The number of hydrogen-bond donors (Lipinski definition) is 1. The summed E-state index contributed by atoms with van der Waals surface area (Å²) in [4.78, 5) is 24.3. The molecule has 0 aliphatic carbocycles. The third-order valence-electron chi connectivity index (χ3n) is 5.06. The van der Waals surface area contributed by atoms with Gasteiger partial charge in [0.25, 0.3) is 5.56 Å². The highest BCUT2D eigenvalue weighted by atomic mass is 16.2. The zero-order valence-electron chi connectivity index (χ0n) is 16.5. The lowest BCUT2D eigenvalue weighted by Gasteiger charge is -2.20. The van der Waals surface area contributed by atoms with Gasteiger partial charge in [-0.25, -0.2) is 4.79 Å². The van der Waals surface area contributed by atoms with Gasteiger partial charge in [-0.2, -0.15) is 0 Å². The molecule has 2 aromatic carbocycles. The second-order valence-corrected chi connectivity index (χ2v) is 7.13. The summed E-state index contributed by atoms with van der Waals surface area (Å²) in [6.07, 6.45) is 4.66. The predicted molar refractivity (Wildman–Crippen MR) is 112 cm³/mol. The molecule has 0 radical (unpaired) electrons. The van der Waals surface area contributed by atoms with Crippen molar-refractivity contribution in [2.24, 2.45) is 14.1 Å². The Bertz CT molecular complexity index is 1010. The number of nitrogens with zero attached hydrogens (tertiary/aromatic N) is 2. The van der Waals surface area contributed by atoms with E-state index in [4.69, 9.17) is 0 Å². The summed E-state index contributed by atoms with van der Waals surface area (Å²) < 4.78 is 2.61. The highest BCUT2D eigenvalue weighted by molar-refractivity contribution is 5.20. The normalized spacial score (nSPS) is 12.1. The van der Waals surface area contributed by atoms with Crippen LogP contribution in [0, 0.1) is 0 Å². The lowest BCUT2D eigenvalue weighted by molar-refractivity contribution is 0.478. The van der Waals surface area contributed by atoms with E-state index in [9.17, 15) is 9.59 Å². The molecule has 1 unspecified atom stereocenters. The van der Waals surface area contributed by atoms with Crippen molar-refractivity contribution in [2.75, 3.05) is 0 Å². The number of aromatic nitrogens is 2. The van der Waals surface area contributed by atoms with Crippen molar-refractivity contribution in [1.29, 1.82) is 0 Å². The Morgan fingerprint density at radius 3 is 2.25 bits per heavy atom. The molecule has 1 N–H and O–H groups in total. The molecule has 5 heteroatoms. The Morgan fingerprint density at radius 2 is 1.57 bits per heavy atom. The van der Waals surface area contributed by atoms with Gasteiger partial charge in [0.15, 0.2) is 0 Å². The standard InChI is InChI=1S/C23H27N3O2/c1-25-17-20(22(27)26(2)23(25)28)16-24-21(19-13-7-4-8-14-19)15-9-12-18-10-5-3-6-11-18/h3-8,10-11,13-14,17,21,24H,9,12,15-16H2,1-2H3. The average Bonchev–Trinajstić information content (AvgIpc) is 2.73. The van der Waals surface area contributed by atoms with E-state index >= 15 is 0 Å². The molecule has 1 heterocycles. The fraction of sp³-hybridized carbons (Fsp3) is 0.304. The van der Waals surface area contributed by atoms with E-state index in [2.05, 4.69) is 41.7 Å². The molecule has 0 aliphatic heterocycles. The van der Waals surface area contributed by atoms with Crippen LogP contribution in [0.1, 0.15) is 35.6 Å². The molecule has 3 aromatic rings. The van der Waals surface area contributed by atoms with Gasteiger partial charge in [-0.05, 0) is 30.4 Å². The molecule has 28 heavy (non-hydrogen) atoms. The fourth-order valence-corrected chi connectivity index (χ4v) is 3.46. The van der Waals surface area contributed by atoms with E-state index in [0.717, 1.165) is 23.8 Å². The molecule has 0 spiro atoms. The Labute approximate surface area is 165 Å². The Morgan fingerprint density at radius 1 is 0.929 bits per heavy atom. The van der Waals surface area contributed by atoms with Gasteiger partial charge in [0.05, 0.1) is 0 Å². The summed E-state index contributed by atoms with van der Waals surface area (Å²) in [5.41, 5.74) is 2.58. The molecule has 0 bridgehead atoms. The van der Waals surface area contributed by atoms with Crippen LogP contribution in [-0.4, -0.2) is 9.13 Å². The zero-order chi connectivity index (χ0) is 19.9. The summed E-state index contributed by atoms with van der Waals surface area (Å²) in [6.45, 7) is 0.422. The third kappa shape index (κ3) is 4.87. The first kappa shape index (κ1) is 19.8. The monoisotopic (exact) mass is 377 g/mol. The minimum Gasteiger partial charge on any atom is -0.306 e. The van der Waals surface area contributed by atoms with Crippen LogP contribution >= 0.6 is 0 Å². The molecule has 146 valence electrons. The van der Waals surface area contributed by atoms with Crippen molar-refractivity contribution in [3.63, 3.8) is 0 Å². The van der Waals surface area contributed by atoms with Crippen LogP contribution < -0.4 is 16.6 Å². The fourth-order valence-electron chi connectivity index (χ4n) is 3.46. The molecule has 0 amide bonds. The SMILES string of the molecule is Cn1cc(CNC(CCCc2ccccc2)c2ccccc2)c(=O)n(C)c1=O. The molecular weight excluding hydrogens is 350 g/mol. The molecule has 0 saturated carbocycles. The van der Waals surface area contributed by atoms with Gasteiger partial charge in [0.2, 0.25) is 0 Å². The van der Waals surface area contributed by atoms with Gasteiger partial charge in [-0.3, -0.25) is 9.36 Å². The van der Waals surface area contributed by atoms with E-state index in [0.29, 0.717) is 12.1 Å². The molecule has 1 aromatic heterocycles. The van der Waals surface area contributed by atoms with E-state index in [1.807, 2.05) is 24.3 Å². The van der Waals surface area contributed by atoms with Gasteiger partial charge in [0.1, 0.15) is 0 Å². The van der Waals surface area contributed by atoms with Crippen molar-refractivity contribution < 1.29 is 0 Å². The first-order valence-electron chi connectivity index (χ1n) is 9.64. The maximum Gasteiger partial charge on any atom is 0.330 e. The quantitative estimate of drug-likeness (QED) is 0.657. The molecule has 0 aliphatic rings. The summed E-state index contributed by atoms with van der Waals surface area (Å²) in [5.74, 6) is 0. The highest BCUT2D eigenvalue weighted by Crippen LogP contribution is 2.20. The Kier molecular flexibility index (Phi) is 6.61. The van der Waals surface area contributed by atoms with Crippen LogP contribution in [0.3, 0.4) is 0 Å². The van der Waals surface area contributed by atoms with Crippen LogP contribution in [-0.2, 0) is 27.1 Å². The number of aryl methyl sites for hydroxylation is 2. The van der Waals surface area contributed by atoms with Crippen molar-refractivity contribution in [2.45, 2.75) is 31.8 Å². The smallest absolute Gasteiger partial charge is 0.306 e. The van der Waals surface area contributed by atoms with Gasteiger partial charge in [0, 0.05) is 38.4 Å². The Hall–Kier alpha value is -2.92. The maximum absolute atomic E-state index is 12.4.